The molecule has 2 amide bonds. The lowest BCUT2D eigenvalue weighted by Gasteiger charge is -2.29. The Morgan fingerprint density at radius 1 is 1.03 bits per heavy atom. The van der Waals surface area contributed by atoms with Crippen molar-refractivity contribution in [2.75, 3.05) is 12.9 Å². The highest BCUT2D eigenvalue weighted by Gasteiger charge is 2.26. The van der Waals surface area contributed by atoms with Crippen LogP contribution in [0.3, 0.4) is 0 Å². The molecule has 0 bridgehead atoms. The molecule has 2 aromatic rings. The van der Waals surface area contributed by atoms with E-state index in [4.69, 9.17) is 4.74 Å². The number of carbonyl (C=O) groups is 2. The van der Waals surface area contributed by atoms with Crippen molar-refractivity contribution in [1.82, 2.24) is 10.2 Å². The average Bonchev–Trinajstić information content (AvgIpc) is 2.72. The van der Waals surface area contributed by atoms with Crippen LogP contribution in [0.1, 0.15) is 31.9 Å². The number of halogens is 1. The summed E-state index contributed by atoms with van der Waals surface area (Å²) in [6, 6.07) is 13.0. The Morgan fingerprint density at radius 2 is 1.63 bits per heavy atom. The van der Waals surface area contributed by atoms with Crippen LogP contribution in [0.15, 0.2) is 48.5 Å². The first kappa shape index (κ1) is 23.7. The molecule has 30 heavy (non-hydrogen) atoms. The second-order valence-electron chi connectivity index (χ2n) is 7.33. The van der Waals surface area contributed by atoms with E-state index in [9.17, 15) is 14.0 Å². The van der Waals surface area contributed by atoms with E-state index >= 15 is 0 Å². The lowest BCUT2D eigenvalue weighted by molar-refractivity contribution is -0.138. The van der Waals surface area contributed by atoms with Gasteiger partial charge in [-0.25, -0.2) is 4.39 Å². The van der Waals surface area contributed by atoms with Gasteiger partial charge < -0.3 is 15.0 Å². The third-order valence-corrected chi connectivity index (χ3v) is 5.51. The summed E-state index contributed by atoms with van der Waals surface area (Å²) in [5, 5.41) is 2.85. The molecule has 0 spiro atoms. The SMILES string of the molecule is COc1ccc(CSCC(=O)N(Cc2ccc(F)cc2)[C@H](C)C(=O)NC(C)C)cc1. The smallest absolute Gasteiger partial charge is 0.242 e. The fourth-order valence-electron chi connectivity index (χ4n) is 2.84. The van der Waals surface area contributed by atoms with Crippen molar-refractivity contribution in [1.29, 1.82) is 0 Å². The molecule has 2 aromatic carbocycles. The van der Waals surface area contributed by atoms with Gasteiger partial charge in [-0.15, -0.1) is 11.8 Å². The number of methoxy groups -OCH3 is 1. The Balaban J connectivity index is 2.04. The van der Waals surface area contributed by atoms with Crippen molar-refractivity contribution in [2.45, 2.75) is 45.2 Å². The zero-order valence-electron chi connectivity index (χ0n) is 17.9. The maximum atomic E-state index is 13.2. The molecule has 0 saturated heterocycles. The number of thioether (sulfide) groups is 1. The van der Waals surface area contributed by atoms with E-state index in [0.29, 0.717) is 5.75 Å². The van der Waals surface area contributed by atoms with Gasteiger partial charge in [0.05, 0.1) is 12.9 Å². The molecule has 7 heteroatoms. The lowest BCUT2D eigenvalue weighted by Crippen LogP contribution is -2.49. The zero-order valence-corrected chi connectivity index (χ0v) is 18.7. The van der Waals surface area contributed by atoms with Crippen molar-refractivity contribution in [3.63, 3.8) is 0 Å². The average molecular weight is 433 g/mol. The first-order valence-electron chi connectivity index (χ1n) is 9.85. The van der Waals surface area contributed by atoms with Crippen LogP contribution in [-0.4, -0.2) is 41.7 Å². The van der Waals surface area contributed by atoms with Crippen LogP contribution >= 0.6 is 11.8 Å². The van der Waals surface area contributed by atoms with E-state index in [1.165, 1.54) is 23.9 Å². The highest BCUT2D eigenvalue weighted by atomic mass is 32.2. The summed E-state index contributed by atoms with van der Waals surface area (Å²) in [7, 11) is 1.62. The monoisotopic (exact) mass is 432 g/mol. The van der Waals surface area contributed by atoms with Crippen LogP contribution in [0.4, 0.5) is 4.39 Å². The number of nitrogens with one attached hydrogen (secondary N) is 1. The topological polar surface area (TPSA) is 58.6 Å². The number of amides is 2. The third kappa shape index (κ3) is 7.37. The molecule has 0 unspecified atom stereocenters. The molecule has 0 radical (unpaired) electrons. The van der Waals surface area contributed by atoms with Gasteiger partial charge in [0, 0.05) is 18.3 Å². The third-order valence-electron chi connectivity index (χ3n) is 4.52. The molecule has 0 aliphatic heterocycles. The van der Waals surface area contributed by atoms with E-state index < -0.39 is 6.04 Å². The van der Waals surface area contributed by atoms with Crippen molar-refractivity contribution in [2.24, 2.45) is 0 Å². The van der Waals surface area contributed by atoms with Crippen molar-refractivity contribution in [3.05, 3.63) is 65.5 Å². The summed E-state index contributed by atoms with van der Waals surface area (Å²) in [5.41, 5.74) is 1.86. The van der Waals surface area contributed by atoms with Gasteiger partial charge >= 0.3 is 0 Å². The zero-order chi connectivity index (χ0) is 22.1. The normalized spacial score (nSPS) is 11.8. The number of rotatable bonds is 10. The van der Waals surface area contributed by atoms with E-state index in [-0.39, 0.29) is 36.0 Å². The van der Waals surface area contributed by atoms with Crippen LogP contribution in [0.2, 0.25) is 0 Å². The molecule has 0 aromatic heterocycles. The Bertz CT molecular complexity index is 825. The Hall–Kier alpha value is -2.54. The van der Waals surface area contributed by atoms with Gasteiger partial charge in [0.25, 0.3) is 0 Å². The number of carbonyl (C=O) groups excluding carboxylic acids is 2. The standard InChI is InChI=1S/C23H29FN2O3S/c1-16(2)25-23(28)17(3)26(13-18-5-9-20(24)10-6-18)22(27)15-30-14-19-7-11-21(29-4)12-8-19/h5-12,16-17H,13-15H2,1-4H3,(H,25,28)/t17-/m1/s1. The molecule has 162 valence electrons. The summed E-state index contributed by atoms with van der Waals surface area (Å²) in [4.78, 5) is 27.0. The molecule has 0 aliphatic carbocycles. The Labute approximate surface area is 182 Å². The van der Waals surface area contributed by atoms with Crippen LogP contribution in [0.5, 0.6) is 5.75 Å². The molecule has 5 nitrogen and oxygen atoms in total. The molecule has 1 N–H and O–H groups in total. The largest absolute Gasteiger partial charge is 0.497 e. The molecule has 2 rings (SSSR count). The van der Waals surface area contributed by atoms with Gasteiger partial charge in [0.1, 0.15) is 17.6 Å². The molecule has 0 fully saturated rings. The minimum absolute atomic E-state index is 0.0211. The first-order chi connectivity index (χ1) is 14.3. The number of hydrogen-bond donors (Lipinski definition) is 1. The highest BCUT2D eigenvalue weighted by Crippen LogP contribution is 2.18. The summed E-state index contributed by atoms with van der Waals surface area (Å²) < 4.78 is 18.4. The highest BCUT2D eigenvalue weighted by molar-refractivity contribution is 7.99. The van der Waals surface area contributed by atoms with Gasteiger partial charge in [-0.2, -0.15) is 0 Å². The number of ether oxygens (including phenoxy) is 1. The summed E-state index contributed by atoms with van der Waals surface area (Å²) in [6.07, 6.45) is 0. The number of nitrogens with zero attached hydrogens (tertiary/aromatic N) is 1. The van der Waals surface area contributed by atoms with Gasteiger partial charge in [-0.05, 0) is 56.2 Å². The minimum Gasteiger partial charge on any atom is -0.497 e. The number of benzene rings is 2. The van der Waals surface area contributed by atoms with Crippen molar-refractivity contribution < 1.29 is 18.7 Å². The van der Waals surface area contributed by atoms with E-state index in [1.54, 1.807) is 31.1 Å². The van der Waals surface area contributed by atoms with Gasteiger partial charge in [-0.3, -0.25) is 9.59 Å². The molecule has 1 atom stereocenters. The summed E-state index contributed by atoms with van der Waals surface area (Å²) in [5.74, 6) is 1.02. The second-order valence-corrected chi connectivity index (χ2v) is 8.31. The van der Waals surface area contributed by atoms with E-state index in [2.05, 4.69) is 5.32 Å². The Kier molecular flexibility index (Phi) is 9.17. The van der Waals surface area contributed by atoms with Crippen LogP contribution in [0.25, 0.3) is 0 Å². The molecule has 0 aliphatic rings. The maximum Gasteiger partial charge on any atom is 0.242 e. The van der Waals surface area contributed by atoms with E-state index in [0.717, 1.165) is 16.9 Å². The van der Waals surface area contributed by atoms with Gasteiger partial charge in [0.15, 0.2) is 0 Å². The van der Waals surface area contributed by atoms with Crippen LogP contribution in [0, 0.1) is 5.82 Å². The quantitative estimate of drug-likeness (QED) is 0.616. The van der Waals surface area contributed by atoms with Crippen LogP contribution < -0.4 is 10.1 Å². The predicted octanol–water partition coefficient (Wildman–Crippen LogP) is 4.01. The summed E-state index contributed by atoms with van der Waals surface area (Å²) >= 11 is 1.49. The molecule has 0 saturated carbocycles. The van der Waals surface area contributed by atoms with Gasteiger partial charge in [0.2, 0.25) is 11.8 Å². The summed E-state index contributed by atoms with van der Waals surface area (Å²) in [6.45, 7) is 5.71. The van der Waals surface area contributed by atoms with Crippen LogP contribution in [-0.2, 0) is 21.9 Å². The second kappa shape index (κ2) is 11.6. The minimum atomic E-state index is -0.633. The molecule has 0 heterocycles. The van der Waals surface area contributed by atoms with Gasteiger partial charge in [-0.1, -0.05) is 24.3 Å². The van der Waals surface area contributed by atoms with Crippen molar-refractivity contribution in [3.8, 4) is 5.75 Å². The predicted molar refractivity (Wildman–Crippen MR) is 119 cm³/mol. The molecular formula is C23H29FN2O3S. The fourth-order valence-corrected chi connectivity index (χ4v) is 3.71. The first-order valence-corrected chi connectivity index (χ1v) is 11.0. The Morgan fingerprint density at radius 3 is 2.20 bits per heavy atom. The molecular weight excluding hydrogens is 403 g/mol. The maximum absolute atomic E-state index is 13.2. The number of hydrogen-bond acceptors (Lipinski definition) is 4. The van der Waals surface area contributed by atoms with E-state index in [1.807, 2.05) is 38.1 Å². The fraction of sp³-hybridized carbons (Fsp3) is 0.391. The lowest BCUT2D eigenvalue weighted by atomic mass is 10.1. The van der Waals surface area contributed by atoms with Crippen molar-refractivity contribution >= 4 is 23.6 Å².